The van der Waals surface area contributed by atoms with Crippen molar-refractivity contribution in [1.29, 1.82) is 0 Å². The van der Waals surface area contributed by atoms with E-state index in [4.69, 9.17) is 5.73 Å². The zero-order valence-corrected chi connectivity index (χ0v) is 17.9. The number of piperidine rings is 1. The number of amides is 2. The van der Waals surface area contributed by atoms with Crippen LogP contribution in [0, 0.1) is 5.82 Å². The van der Waals surface area contributed by atoms with E-state index in [-0.39, 0.29) is 11.9 Å². The van der Waals surface area contributed by atoms with Crippen LogP contribution in [0.15, 0.2) is 47.6 Å². The summed E-state index contributed by atoms with van der Waals surface area (Å²) in [4.78, 5) is 34.3. The Morgan fingerprint density at radius 1 is 1.19 bits per heavy atom. The number of halogens is 1. The van der Waals surface area contributed by atoms with Gasteiger partial charge in [0.05, 0.1) is 21.8 Å². The van der Waals surface area contributed by atoms with E-state index >= 15 is 4.39 Å². The summed E-state index contributed by atoms with van der Waals surface area (Å²) in [6, 6.07) is 10.6. The maximum atomic E-state index is 15.1. The third kappa shape index (κ3) is 3.96. The van der Waals surface area contributed by atoms with Crippen molar-refractivity contribution in [3.63, 3.8) is 0 Å². The fourth-order valence-corrected chi connectivity index (χ4v) is 4.79. The average Bonchev–Trinajstić information content (AvgIpc) is 3.09. The Bertz CT molecular complexity index is 1280. The van der Waals surface area contributed by atoms with Crippen molar-refractivity contribution >= 4 is 45.6 Å². The predicted molar refractivity (Wildman–Crippen MR) is 123 cm³/mol. The van der Waals surface area contributed by atoms with Crippen LogP contribution in [0.2, 0.25) is 0 Å². The number of aromatic nitrogens is 2. The molecule has 2 fully saturated rings. The van der Waals surface area contributed by atoms with Gasteiger partial charge in [-0.3, -0.25) is 14.9 Å². The largest absolute Gasteiger partial charge is 0.368 e. The van der Waals surface area contributed by atoms with Gasteiger partial charge in [0.25, 0.3) is 11.1 Å². The van der Waals surface area contributed by atoms with Crippen LogP contribution < -0.4 is 16.0 Å². The number of imide groups is 1. The van der Waals surface area contributed by atoms with Crippen molar-refractivity contribution < 1.29 is 14.0 Å². The molecule has 162 valence electrons. The average molecular weight is 450 g/mol. The van der Waals surface area contributed by atoms with Gasteiger partial charge in [-0.15, -0.1) is 0 Å². The number of nitrogens with zero attached hydrogens (tertiary/aromatic N) is 3. The third-order valence-electron chi connectivity index (χ3n) is 5.62. The first-order chi connectivity index (χ1) is 15.5. The summed E-state index contributed by atoms with van der Waals surface area (Å²) in [5, 5.41) is 2.57. The second-order valence-corrected chi connectivity index (χ2v) is 8.88. The normalized spacial score (nSPS) is 20.2. The molecule has 0 saturated carbocycles. The number of nitrogens with two attached hydrogens (primary N) is 1. The van der Waals surface area contributed by atoms with Gasteiger partial charge in [-0.1, -0.05) is 12.1 Å². The van der Waals surface area contributed by atoms with E-state index in [0.717, 1.165) is 42.1 Å². The second kappa shape index (κ2) is 8.33. The van der Waals surface area contributed by atoms with Crippen LogP contribution >= 0.6 is 11.8 Å². The summed E-state index contributed by atoms with van der Waals surface area (Å²) >= 11 is 0.859. The molecule has 0 unspecified atom stereocenters. The van der Waals surface area contributed by atoms with E-state index in [9.17, 15) is 9.59 Å². The fourth-order valence-electron chi connectivity index (χ4n) is 4.11. The predicted octanol–water partition coefficient (Wildman–Crippen LogP) is 3.69. The smallest absolute Gasteiger partial charge is 0.290 e. The van der Waals surface area contributed by atoms with Gasteiger partial charge in [0, 0.05) is 30.1 Å². The van der Waals surface area contributed by atoms with Crippen LogP contribution in [-0.2, 0) is 4.79 Å². The zero-order valence-electron chi connectivity index (χ0n) is 17.0. The lowest BCUT2D eigenvalue weighted by Gasteiger charge is -2.32. The van der Waals surface area contributed by atoms with Gasteiger partial charge >= 0.3 is 0 Å². The highest BCUT2D eigenvalue weighted by Crippen LogP contribution is 2.32. The summed E-state index contributed by atoms with van der Waals surface area (Å²) in [6.07, 6.45) is 4.99. The molecule has 0 bridgehead atoms. The van der Waals surface area contributed by atoms with E-state index < -0.39 is 11.1 Å². The summed E-state index contributed by atoms with van der Waals surface area (Å²) in [5.74, 6) is -0.737. The Kier molecular flexibility index (Phi) is 5.36. The first-order valence-electron chi connectivity index (χ1n) is 10.3. The van der Waals surface area contributed by atoms with Gasteiger partial charge in [0.2, 0.25) is 0 Å². The lowest BCUT2D eigenvalue weighted by Crippen LogP contribution is -2.43. The van der Waals surface area contributed by atoms with E-state index in [1.165, 1.54) is 12.4 Å². The van der Waals surface area contributed by atoms with Crippen LogP contribution in [0.1, 0.15) is 18.4 Å². The number of fused-ring (bicyclic) bond motifs is 1. The minimum atomic E-state index is -0.417. The molecule has 2 aromatic carbocycles. The molecule has 0 aliphatic carbocycles. The van der Waals surface area contributed by atoms with Gasteiger partial charge in [-0.25, -0.2) is 14.4 Å². The molecule has 32 heavy (non-hydrogen) atoms. The maximum Gasteiger partial charge on any atom is 0.290 e. The molecular weight excluding hydrogens is 429 g/mol. The summed E-state index contributed by atoms with van der Waals surface area (Å²) < 4.78 is 15.1. The van der Waals surface area contributed by atoms with E-state index in [0.29, 0.717) is 33.9 Å². The summed E-state index contributed by atoms with van der Waals surface area (Å²) in [7, 11) is 0. The second-order valence-electron chi connectivity index (χ2n) is 7.87. The van der Waals surface area contributed by atoms with Crippen molar-refractivity contribution in [2.45, 2.75) is 18.9 Å². The molecule has 5 rings (SSSR count). The molecular formula is C23H20FN5O2S. The van der Waals surface area contributed by atoms with Crippen LogP contribution in [0.4, 0.5) is 14.9 Å². The molecule has 1 atom stereocenters. The van der Waals surface area contributed by atoms with E-state index in [2.05, 4.69) is 15.3 Å². The van der Waals surface area contributed by atoms with Gasteiger partial charge in [0.15, 0.2) is 0 Å². The lowest BCUT2D eigenvalue weighted by molar-refractivity contribution is -0.115. The molecule has 1 aromatic heterocycles. The summed E-state index contributed by atoms with van der Waals surface area (Å²) in [6.45, 7) is 1.42. The van der Waals surface area contributed by atoms with Crippen molar-refractivity contribution in [2.75, 3.05) is 18.0 Å². The molecule has 3 aromatic rings. The minimum Gasteiger partial charge on any atom is -0.368 e. The number of carbonyl (C=O) groups is 2. The standard InChI is InChI=1S/C23H20FN5O2S/c24-17-10-14(4-6-19(17)29-7-1-2-15(25)11-29)21-16-8-13(3-5-18(16)26-12-27-21)9-20-22(30)28-23(31)32-20/h3-6,8-10,12,15H,1-2,7,11,25H2,(H,28,30,31)/b20-9-/t15-/m1/s1. The Morgan fingerprint density at radius 2 is 2.06 bits per heavy atom. The number of thioether (sulfide) groups is 1. The van der Waals surface area contributed by atoms with Crippen molar-refractivity contribution in [3.8, 4) is 11.3 Å². The molecule has 2 saturated heterocycles. The Balaban J connectivity index is 1.52. The molecule has 2 aliphatic heterocycles. The molecule has 7 nitrogen and oxygen atoms in total. The SMILES string of the molecule is N[C@@H]1CCCN(c2ccc(-c3ncnc4ccc(/C=C5\SC(=O)NC5=O)cc34)cc2F)C1. The quantitative estimate of drug-likeness (QED) is 0.588. The molecule has 0 spiro atoms. The first-order valence-corrected chi connectivity index (χ1v) is 11.1. The third-order valence-corrected chi connectivity index (χ3v) is 6.43. The fraction of sp³-hybridized carbons (Fsp3) is 0.217. The number of carbonyl (C=O) groups excluding carboxylic acids is 2. The topological polar surface area (TPSA) is 101 Å². The first kappa shape index (κ1) is 20.6. The molecule has 3 N–H and O–H groups in total. The van der Waals surface area contributed by atoms with Gasteiger partial charge < -0.3 is 10.6 Å². The van der Waals surface area contributed by atoms with Crippen LogP contribution in [-0.4, -0.2) is 40.2 Å². The van der Waals surface area contributed by atoms with Crippen molar-refractivity contribution in [2.24, 2.45) is 5.73 Å². The van der Waals surface area contributed by atoms with Crippen LogP contribution in [0.25, 0.3) is 28.2 Å². The molecule has 2 aliphatic rings. The van der Waals surface area contributed by atoms with Gasteiger partial charge in [-0.05, 0) is 60.5 Å². The van der Waals surface area contributed by atoms with Gasteiger partial charge in [0.1, 0.15) is 12.1 Å². The highest BCUT2D eigenvalue weighted by atomic mass is 32.2. The lowest BCUT2D eigenvalue weighted by atomic mass is 10.0. The number of nitrogens with one attached hydrogen (secondary N) is 1. The van der Waals surface area contributed by atoms with Crippen molar-refractivity contribution in [3.05, 3.63) is 59.0 Å². The molecule has 3 heterocycles. The Labute approximate surface area is 187 Å². The maximum absolute atomic E-state index is 15.1. The van der Waals surface area contributed by atoms with E-state index in [1.54, 1.807) is 12.1 Å². The van der Waals surface area contributed by atoms with Crippen molar-refractivity contribution in [1.82, 2.24) is 15.3 Å². The minimum absolute atomic E-state index is 0.0524. The Hall–Kier alpha value is -3.30. The zero-order chi connectivity index (χ0) is 22.2. The number of hydrogen-bond donors (Lipinski definition) is 2. The highest BCUT2D eigenvalue weighted by molar-refractivity contribution is 8.18. The summed E-state index contributed by atoms with van der Waals surface area (Å²) in [5.41, 5.74) is 9.24. The highest BCUT2D eigenvalue weighted by Gasteiger charge is 2.25. The molecule has 2 amide bonds. The number of anilines is 1. The number of rotatable bonds is 3. The monoisotopic (exact) mass is 449 g/mol. The number of hydrogen-bond acceptors (Lipinski definition) is 7. The molecule has 9 heteroatoms. The van der Waals surface area contributed by atoms with Gasteiger partial charge in [-0.2, -0.15) is 0 Å². The Morgan fingerprint density at radius 3 is 2.81 bits per heavy atom. The molecule has 0 radical (unpaired) electrons. The van der Waals surface area contributed by atoms with E-state index in [1.807, 2.05) is 29.2 Å². The number of benzene rings is 2. The van der Waals surface area contributed by atoms with Crippen LogP contribution in [0.5, 0.6) is 0 Å². The van der Waals surface area contributed by atoms with Crippen LogP contribution in [0.3, 0.4) is 0 Å².